The van der Waals surface area contributed by atoms with Crippen LogP contribution in [0, 0.1) is 11.3 Å². The van der Waals surface area contributed by atoms with Crippen LogP contribution in [0.1, 0.15) is 11.1 Å². The zero-order valence-corrected chi connectivity index (χ0v) is 12.9. The fourth-order valence-corrected chi connectivity index (χ4v) is 2.24. The maximum absolute atomic E-state index is 10.1. The molecule has 0 fully saturated rings. The zero-order valence-electron chi connectivity index (χ0n) is 12.9. The number of benzene rings is 2. The minimum absolute atomic E-state index is 0.0166. The molecule has 0 unspecified atom stereocenters. The number of aliphatic imine (C=N–C) groups is 1. The first kappa shape index (κ1) is 15.4. The van der Waals surface area contributed by atoms with E-state index in [0.717, 1.165) is 5.56 Å². The van der Waals surface area contributed by atoms with Gasteiger partial charge < -0.3 is 14.3 Å². The molecule has 5 heteroatoms. The SMILES string of the molecule is COc1cccc(C=Nc2oc(-c3ccccc3)cc2C#N)c1O. The lowest BCUT2D eigenvalue weighted by atomic mass is 10.1. The van der Waals surface area contributed by atoms with Crippen LogP contribution in [0.15, 0.2) is 64.0 Å². The highest BCUT2D eigenvalue weighted by atomic mass is 16.5. The molecule has 0 aliphatic rings. The highest BCUT2D eigenvalue weighted by Crippen LogP contribution is 2.32. The van der Waals surface area contributed by atoms with Crippen LogP contribution in [-0.4, -0.2) is 18.4 Å². The van der Waals surface area contributed by atoms with Crippen molar-refractivity contribution in [2.75, 3.05) is 7.11 Å². The largest absolute Gasteiger partial charge is 0.504 e. The Morgan fingerprint density at radius 1 is 1.17 bits per heavy atom. The predicted octanol–water partition coefficient (Wildman–Crippen LogP) is 4.28. The number of aromatic hydroxyl groups is 1. The topological polar surface area (TPSA) is 78.8 Å². The van der Waals surface area contributed by atoms with Gasteiger partial charge in [-0.05, 0) is 12.1 Å². The summed E-state index contributed by atoms with van der Waals surface area (Å²) in [7, 11) is 1.47. The van der Waals surface area contributed by atoms with Gasteiger partial charge >= 0.3 is 0 Å². The number of phenolic OH excluding ortho intramolecular Hbond substituents is 1. The van der Waals surface area contributed by atoms with Gasteiger partial charge in [-0.15, -0.1) is 0 Å². The van der Waals surface area contributed by atoms with E-state index in [-0.39, 0.29) is 11.6 Å². The highest BCUT2D eigenvalue weighted by molar-refractivity contribution is 5.86. The standard InChI is InChI=1S/C19H14N2O3/c1-23-16-9-5-8-14(18(16)22)12-21-19-15(11-20)10-17(24-19)13-6-3-2-4-7-13/h2-10,12,22H,1H3. The Bertz CT molecular complexity index is 922. The van der Waals surface area contributed by atoms with Crippen LogP contribution in [0.5, 0.6) is 11.5 Å². The van der Waals surface area contributed by atoms with Crippen LogP contribution < -0.4 is 4.74 Å². The minimum atomic E-state index is -0.0166. The van der Waals surface area contributed by atoms with Crippen LogP contribution in [-0.2, 0) is 0 Å². The van der Waals surface area contributed by atoms with E-state index in [1.54, 1.807) is 24.3 Å². The highest BCUT2D eigenvalue weighted by Gasteiger charge is 2.12. The van der Waals surface area contributed by atoms with Crippen LogP contribution in [0.4, 0.5) is 5.88 Å². The Hall–Kier alpha value is -3.52. The first-order valence-corrected chi connectivity index (χ1v) is 7.22. The molecule has 0 spiro atoms. The van der Waals surface area contributed by atoms with Gasteiger partial charge in [-0.2, -0.15) is 5.26 Å². The zero-order chi connectivity index (χ0) is 16.9. The molecule has 0 aliphatic carbocycles. The number of hydrogen-bond donors (Lipinski definition) is 1. The van der Waals surface area contributed by atoms with Crippen LogP contribution in [0.3, 0.4) is 0 Å². The van der Waals surface area contributed by atoms with Crippen molar-refractivity contribution in [2.24, 2.45) is 4.99 Å². The van der Waals surface area contributed by atoms with E-state index in [1.807, 2.05) is 30.3 Å². The maximum atomic E-state index is 10.1. The number of rotatable bonds is 4. The molecule has 0 amide bonds. The molecule has 0 atom stereocenters. The maximum Gasteiger partial charge on any atom is 0.237 e. The number of ether oxygens (including phenoxy) is 1. The number of methoxy groups -OCH3 is 1. The molecule has 24 heavy (non-hydrogen) atoms. The Morgan fingerprint density at radius 3 is 2.67 bits per heavy atom. The molecule has 0 saturated heterocycles. The predicted molar refractivity (Wildman–Crippen MR) is 90.8 cm³/mol. The summed E-state index contributed by atoms with van der Waals surface area (Å²) in [6, 6.07) is 18.3. The van der Waals surface area contributed by atoms with Crippen LogP contribution in [0.2, 0.25) is 0 Å². The van der Waals surface area contributed by atoms with Gasteiger partial charge in [0.1, 0.15) is 17.4 Å². The number of nitriles is 1. The molecule has 0 saturated carbocycles. The second-order valence-electron chi connectivity index (χ2n) is 4.96. The molecule has 118 valence electrons. The average Bonchev–Trinajstić information content (AvgIpc) is 3.05. The Kier molecular flexibility index (Phi) is 4.30. The smallest absolute Gasteiger partial charge is 0.237 e. The summed E-state index contributed by atoms with van der Waals surface area (Å²) in [6.45, 7) is 0. The fourth-order valence-electron chi connectivity index (χ4n) is 2.24. The molecule has 2 aromatic carbocycles. The second-order valence-corrected chi connectivity index (χ2v) is 4.96. The summed E-state index contributed by atoms with van der Waals surface area (Å²) in [5, 5.41) is 19.3. The van der Waals surface area contributed by atoms with Crippen molar-refractivity contribution >= 4 is 12.1 Å². The number of para-hydroxylation sites is 1. The van der Waals surface area contributed by atoms with Crippen molar-refractivity contribution in [1.29, 1.82) is 5.26 Å². The van der Waals surface area contributed by atoms with Crippen molar-refractivity contribution in [2.45, 2.75) is 0 Å². The second kappa shape index (κ2) is 6.71. The van der Waals surface area contributed by atoms with Crippen molar-refractivity contribution in [1.82, 2.24) is 0 Å². The third-order valence-corrected chi connectivity index (χ3v) is 3.46. The number of furan rings is 1. The summed E-state index contributed by atoms with van der Waals surface area (Å²) in [5.74, 6) is 1.09. The molecule has 3 rings (SSSR count). The number of phenols is 1. The molecule has 1 N–H and O–H groups in total. The van der Waals surface area contributed by atoms with Gasteiger partial charge in [0.05, 0.1) is 7.11 Å². The summed E-state index contributed by atoms with van der Waals surface area (Å²) >= 11 is 0. The van der Waals surface area contributed by atoms with Crippen LogP contribution >= 0.6 is 0 Å². The number of nitrogens with zero attached hydrogens (tertiary/aromatic N) is 2. The lowest BCUT2D eigenvalue weighted by Crippen LogP contribution is -1.88. The summed E-state index contributed by atoms with van der Waals surface area (Å²) < 4.78 is 10.7. The summed E-state index contributed by atoms with van der Waals surface area (Å²) in [5.41, 5.74) is 1.66. The first-order chi connectivity index (χ1) is 11.7. The third kappa shape index (κ3) is 2.99. The van der Waals surface area contributed by atoms with E-state index in [1.165, 1.54) is 13.3 Å². The normalized spacial score (nSPS) is 10.7. The van der Waals surface area contributed by atoms with Crippen molar-refractivity contribution in [3.05, 3.63) is 65.7 Å². The van der Waals surface area contributed by atoms with Gasteiger partial charge in [-0.25, -0.2) is 4.99 Å². The van der Waals surface area contributed by atoms with E-state index < -0.39 is 0 Å². The van der Waals surface area contributed by atoms with Gasteiger partial charge in [0.2, 0.25) is 5.88 Å². The minimum Gasteiger partial charge on any atom is -0.504 e. The van der Waals surface area contributed by atoms with E-state index in [4.69, 9.17) is 9.15 Å². The van der Waals surface area contributed by atoms with E-state index in [9.17, 15) is 10.4 Å². The molecule has 3 aromatic rings. The molecule has 0 aliphatic heterocycles. The van der Waals surface area contributed by atoms with Crippen molar-refractivity contribution in [3.8, 4) is 28.9 Å². The third-order valence-electron chi connectivity index (χ3n) is 3.46. The van der Waals surface area contributed by atoms with Crippen molar-refractivity contribution < 1.29 is 14.3 Å². The molecular weight excluding hydrogens is 304 g/mol. The van der Waals surface area contributed by atoms with Gasteiger partial charge in [0, 0.05) is 23.4 Å². The van der Waals surface area contributed by atoms with Gasteiger partial charge in [-0.1, -0.05) is 36.4 Å². The Morgan fingerprint density at radius 2 is 1.96 bits per heavy atom. The molecule has 1 heterocycles. The number of hydrogen-bond acceptors (Lipinski definition) is 5. The molecule has 0 radical (unpaired) electrons. The Labute approximate surface area is 139 Å². The molecule has 1 aromatic heterocycles. The van der Waals surface area contributed by atoms with E-state index >= 15 is 0 Å². The van der Waals surface area contributed by atoms with Gasteiger partial charge in [0.15, 0.2) is 11.5 Å². The van der Waals surface area contributed by atoms with Gasteiger partial charge in [0.25, 0.3) is 0 Å². The average molecular weight is 318 g/mol. The first-order valence-electron chi connectivity index (χ1n) is 7.22. The lowest BCUT2D eigenvalue weighted by molar-refractivity contribution is 0.373. The molecule has 5 nitrogen and oxygen atoms in total. The molecule has 0 bridgehead atoms. The molecular formula is C19H14N2O3. The lowest BCUT2D eigenvalue weighted by Gasteiger charge is -2.04. The monoisotopic (exact) mass is 318 g/mol. The summed E-state index contributed by atoms with van der Waals surface area (Å²) in [4.78, 5) is 4.20. The van der Waals surface area contributed by atoms with Crippen molar-refractivity contribution in [3.63, 3.8) is 0 Å². The van der Waals surface area contributed by atoms with Gasteiger partial charge in [-0.3, -0.25) is 0 Å². The van der Waals surface area contributed by atoms with Crippen LogP contribution in [0.25, 0.3) is 11.3 Å². The Balaban J connectivity index is 1.96. The quantitative estimate of drug-likeness (QED) is 0.728. The fraction of sp³-hybridized carbons (Fsp3) is 0.0526. The van der Waals surface area contributed by atoms with E-state index in [0.29, 0.717) is 22.6 Å². The van der Waals surface area contributed by atoms with E-state index in [2.05, 4.69) is 11.1 Å². The summed E-state index contributed by atoms with van der Waals surface area (Å²) in [6.07, 6.45) is 1.44.